The molecule has 2 aromatic carbocycles. The van der Waals surface area contributed by atoms with Gasteiger partial charge in [0.2, 0.25) is 0 Å². The molecule has 2 N–H and O–H groups in total. The molecule has 158 valence electrons. The highest BCUT2D eigenvalue weighted by Crippen LogP contribution is 2.39. The van der Waals surface area contributed by atoms with Gasteiger partial charge < -0.3 is 24.8 Å². The number of guanidine groups is 1. The van der Waals surface area contributed by atoms with E-state index in [4.69, 9.17) is 20.6 Å². The van der Waals surface area contributed by atoms with E-state index in [1.54, 1.807) is 14.2 Å². The summed E-state index contributed by atoms with van der Waals surface area (Å²) < 4.78 is 17.0. The third-order valence-electron chi connectivity index (χ3n) is 4.91. The first-order valence-corrected chi connectivity index (χ1v) is 9.94. The molecule has 1 aliphatic heterocycles. The molecule has 1 heterocycles. The average molecular weight is 408 g/mol. The third kappa shape index (κ3) is 5.18. The Morgan fingerprint density at radius 2 is 2.07 bits per heavy atom. The highest BCUT2D eigenvalue weighted by molar-refractivity contribution is 5.80. The summed E-state index contributed by atoms with van der Waals surface area (Å²) in [7, 11) is 3.37. The Morgan fingerprint density at radius 3 is 2.80 bits per heavy atom. The van der Waals surface area contributed by atoms with Crippen LogP contribution in [0.2, 0.25) is 0 Å². The highest BCUT2D eigenvalue weighted by atomic mass is 16.5. The van der Waals surface area contributed by atoms with Crippen molar-refractivity contribution in [2.75, 3.05) is 20.8 Å². The van der Waals surface area contributed by atoms with Crippen molar-refractivity contribution in [3.05, 3.63) is 53.6 Å². The van der Waals surface area contributed by atoms with Gasteiger partial charge in [-0.25, -0.2) is 0 Å². The summed E-state index contributed by atoms with van der Waals surface area (Å²) in [6.45, 7) is 4.96. The molecule has 0 radical (unpaired) electrons. The minimum atomic E-state index is -0.260. The van der Waals surface area contributed by atoms with E-state index in [2.05, 4.69) is 41.5 Å². The van der Waals surface area contributed by atoms with E-state index in [1.807, 2.05) is 36.4 Å². The molecular weight excluding hydrogens is 378 g/mol. The van der Waals surface area contributed by atoms with E-state index in [0.717, 1.165) is 29.3 Å². The molecule has 0 saturated carbocycles. The first kappa shape index (κ1) is 21.4. The Morgan fingerprint density at radius 1 is 1.27 bits per heavy atom. The smallest absolute Gasteiger partial charge is 0.191 e. The Bertz CT molecular complexity index is 947. The molecule has 0 aliphatic carbocycles. The SMILES string of the molecule is C#CCOc1cc(CNC(=NC)NC2CC(C)(C)Oc3ccccc32)ccc1OC. The normalized spacial score (nSPS) is 17.2. The lowest BCUT2D eigenvalue weighted by Gasteiger charge is -2.38. The van der Waals surface area contributed by atoms with E-state index >= 15 is 0 Å². The number of rotatable bonds is 6. The van der Waals surface area contributed by atoms with E-state index in [1.165, 1.54) is 0 Å². The summed E-state index contributed by atoms with van der Waals surface area (Å²) in [6.07, 6.45) is 6.13. The second kappa shape index (κ2) is 9.45. The van der Waals surface area contributed by atoms with Crippen LogP contribution in [-0.4, -0.2) is 32.3 Å². The lowest BCUT2D eigenvalue weighted by Crippen LogP contribution is -2.45. The molecule has 0 saturated heterocycles. The van der Waals surface area contributed by atoms with Crippen molar-refractivity contribution in [1.82, 2.24) is 10.6 Å². The van der Waals surface area contributed by atoms with Crippen molar-refractivity contribution >= 4 is 5.96 Å². The molecule has 2 aromatic rings. The minimum absolute atomic E-state index is 0.0986. The van der Waals surface area contributed by atoms with E-state index in [9.17, 15) is 0 Å². The zero-order chi connectivity index (χ0) is 21.6. The molecule has 6 nitrogen and oxygen atoms in total. The van der Waals surface area contributed by atoms with Crippen LogP contribution in [0.3, 0.4) is 0 Å². The van der Waals surface area contributed by atoms with Gasteiger partial charge in [-0.1, -0.05) is 30.2 Å². The van der Waals surface area contributed by atoms with Gasteiger partial charge in [0.1, 0.15) is 18.0 Å². The highest BCUT2D eigenvalue weighted by Gasteiger charge is 2.33. The third-order valence-corrected chi connectivity index (χ3v) is 4.91. The van der Waals surface area contributed by atoms with Crippen LogP contribution >= 0.6 is 0 Å². The number of benzene rings is 2. The summed E-state index contributed by atoms with van der Waals surface area (Å²) in [5.41, 5.74) is 1.90. The fourth-order valence-electron chi connectivity index (χ4n) is 3.54. The number of methoxy groups -OCH3 is 1. The quantitative estimate of drug-likeness (QED) is 0.435. The second-order valence-electron chi connectivity index (χ2n) is 7.70. The molecule has 0 amide bonds. The molecule has 30 heavy (non-hydrogen) atoms. The minimum Gasteiger partial charge on any atom is -0.493 e. The van der Waals surface area contributed by atoms with Gasteiger partial charge >= 0.3 is 0 Å². The molecule has 0 bridgehead atoms. The van der Waals surface area contributed by atoms with Gasteiger partial charge in [0.05, 0.1) is 13.2 Å². The number of fused-ring (bicyclic) bond motifs is 1. The van der Waals surface area contributed by atoms with Crippen LogP contribution in [0.5, 0.6) is 17.2 Å². The number of ether oxygens (including phenoxy) is 3. The Labute approximate surface area is 178 Å². The monoisotopic (exact) mass is 407 g/mol. The summed E-state index contributed by atoms with van der Waals surface area (Å²) in [4.78, 5) is 4.39. The van der Waals surface area contributed by atoms with Gasteiger partial charge in [-0.3, -0.25) is 4.99 Å². The fourth-order valence-corrected chi connectivity index (χ4v) is 3.54. The van der Waals surface area contributed by atoms with Crippen LogP contribution in [0.15, 0.2) is 47.5 Å². The summed E-state index contributed by atoms with van der Waals surface area (Å²) in [5, 5.41) is 6.91. The topological polar surface area (TPSA) is 64.1 Å². The Kier molecular flexibility index (Phi) is 6.73. The predicted octanol–water partition coefficient (Wildman–Crippen LogP) is 3.67. The summed E-state index contributed by atoms with van der Waals surface area (Å²) in [6, 6.07) is 14.0. The molecule has 0 fully saturated rings. The van der Waals surface area contributed by atoms with Gasteiger partial charge in [0.15, 0.2) is 17.5 Å². The van der Waals surface area contributed by atoms with Crippen LogP contribution in [0, 0.1) is 12.3 Å². The lowest BCUT2D eigenvalue weighted by atomic mass is 9.90. The van der Waals surface area contributed by atoms with Crippen LogP contribution in [0.4, 0.5) is 0 Å². The first-order valence-electron chi connectivity index (χ1n) is 9.94. The lowest BCUT2D eigenvalue weighted by molar-refractivity contribution is 0.0694. The number of aliphatic imine (C=N–C) groups is 1. The average Bonchev–Trinajstić information content (AvgIpc) is 2.74. The summed E-state index contributed by atoms with van der Waals surface area (Å²) >= 11 is 0. The molecule has 6 heteroatoms. The van der Waals surface area contributed by atoms with Gasteiger partial charge in [0.25, 0.3) is 0 Å². The van der Waals surface area contributed by atoms with Crippen molar-refractivity contribution < 1.29 is 14.2 Å². The maximum atomic E-state index is 6.12. The van der Waals surface area contributed by atoms with Gasteiger partial charge in [-0.05, 0) is 37.6 Å². The van der Waals surface area contributed by atoms with Crippen molar-refractivity contribution in [3.8, 4) is 29.6 Å². The van der Waals surface area contributed by atoms with Crippen LogP contribution in [0.25, 0.3) is 0 Å². The predicted molar refractivity (Wildman–Crippen MR) is 119 cm³/mol. The van der Waals surface area contributed by atoms with E-state index < -0.39 is 0 Å². The zero-order valence-corrected chi connectivity index (χ0v) is 18.0. The van der Waals surface area contributed by atoms with Crippen LogP contribution in [0.1, 0.15) is 37.4 Å². The molecule has 1 atom stereocenters. The standard InChI is InChI=1S/C24H29N3O3/c1-6-13-29-22-14-17(11-12-21(22)28-5)16-26-23(25-4)27-19-15-24(2,3)30-20-10-8-7-9-18(19)20/h1,7-12,14,19H,13,15-16H2,2-5H3,(H2,25,26,27). The Hall–Kier alpha value is -3.33. The molecular formula is C24H29N3O3. The largest absolute Gasteiger partial charge is 0.493 e. The van der Waals surface area contributed by atoms with Crippen molar-refractivity contribution in [1.29, 1.82) is 0 Å². The molecule has 1 aliphatic rings. The maximum Gasteiger partial charge on any atom is 0.191 e. The van der Waals surface area contributed by atoms with Crippen molar-refractivity contribution in [2.45, 2.75) is 38.5 Å². The van der Waals surface area contributed by atoms with E-state index in [-0.39, 0.29) is 18.2 Å². The van der Waals surface area contributed by atoms with Crippen LogP contribution < -0.4 is 24.8 Å². The molecule has 0 spiro atoms. The van der Waals surface area contributed by atoms with E-state index in [0.29, 0.717) is 18.0 Å². The zero-order valence-electron chi connectivity index (χ0n) is 18.0. The molecule has 1 unspecified atom stereocenters. The molecule has 0 aromatic heterocycles. The van der Waals surface area contributed by atoms with Crippen LogP contribution in [-0.2, 0) is 6.54 Å². The first-order chi connectivity index (χ1) is 14.5. The number of hydrogen-bond donors (Lipinski definition) is 2. The Balaban J connectivity index is 1.69. The molecule has 3 rings (SSSR count). The number of nitrogens with zero attached hydrogens (tertiary/aromatic N) is 1. The number of terminal acetylenes is 1. The second-order valence-corrected chi connectivity index (χ2v) is 7.70. The van der Waals surface area contributed by atoms with Crippen molar-refractivity contribution in [3.63, 3.8) is 0 Å². The number of hydrogen-bond acceptors (Lipinski definition) is 4. The number of para-hydroxylation sites is 1. The fraction of sp³-hybridized carbons (Fsp3) is 0.375. The van der Waals surface area contributed by atoms with Gasteiger partial charge in [-0.15, -0.1) is 6.42 Å². The summed E-state index contributed by atoms with van der Waals surface area (Å²) in [5.74, 6) is 5.37. The van der Waals surface area contributed by atoms with Gasteiger partial charge in [-0.2, -0.15) is 0 Å². The van der Waals surface area contributed by atoms with Crippen molar-refractivity contribution in [2.24, 2.45) is 4.99 Å². The van der Waals surface area contributed by atoms with Gasteiger partial charge in [0, 0.05) is 25.6 Å². The maximum absolute atomic E-state index is 6.12. The number of nitrogens with one attached hydrogen (secondary N) is 2.